The van der Waals surface area contributed by atoms with E-state index in [1.54, 1.807) is 0 Å². The summed E-state index contributed by atoms with van der Waals surface area (Å²) in [5.74, 6) is -1.82. The van der Waals surface area contributed by atoms with Crippen molar-refractivity contribution in [1.82, 2.24) is 9.97 Å². The molecule has 98 valence electrons. The fraction of sp³-hybridized carbons (Fsp3) is 0. The highest BCUT2D eigenvalue weighted by Gasteiger charge is 2.16. The van der Waals surface area contributed by atoms with Crippen molar-refractivity contribution in [2.75, 3.05) is 5.32 Å². The van der Waals surface area contributed by atoms with Gasteiger partial charge in [-0.2, -0.15) is 0 Å². The molecule has 0 radical (unpaired) electrons. The third kappa shape index (κ3) is 2.91. The van der Waals surface area contributed by atoms with E-state index in [1.165, 1.54) is 0 Å². The second-order valence-electron chi connectivity index (χ2n) is 3.45. The zero-order valence-corrected chi connectivity index (χ0v) is 10.7. The zero-order chi connectivity index (χ0) is 14.0. The number of aromatic hydroxyl groups is 1. The van der Waals surface area contributed by atoms with Crippen molar-refractivity contribution in [2.45, 2.75) is 0 Å². The second kappa shape index (κ2) is 5.38. The summed E-state index contributed by atoms with van der Waals surface area (Å²) in [5.41, 5.74) is -0.268. The normalized spacial score (nSPS) is 10.3. The molecule has 0 unspecified atom stereocenters. The highest BCUT2D eigenvalue weighted by molar-refractivity contribution is 6.38. The first-order valence-electron chi connectivity index (χ1n) is 4.95. The molecule has 1 aromatic heterocycles. The molecule has 2 rings (SSSR count). The molecule has 1 heterocycles. The van der Waals surface area contributed by atoms with Crippen LogP contribution >= 0.6 is 23.2 Å². The van der Waals surface area contributed by atoms with Crippen LogP contribution in [0.5, 0.6) is 5.75 Å². The van der Waals surface area contributed by atoms with E-state index in [0.29, 0.717) is 0 Å². The SMILES string of the molecule is O=C(Nc1c(Cl)ncnc1Cl)c1cc(F)ccc1O. The summed E-state index contributed by atoms with van der Waals surface area (Å²) in [6.07, 6.45) is 1.12. The molecule has 2 N–H and O–H groups in total. The van der Waals surface area contributed by atoms with Crippen LogP contribution in [0, 0.1) is 5.82 Å². The Hall–Kier alpha value is -1.92. The number of benzene rings is 1. The monoisotopic (exact) mass is 301 g/mol. The van der Waals surface area contributed by atoms with Gasteiger partial charge in [-0.15, -0.1) is 0 Å². The number of aromatic nitrogens is 2. The number of nitrogens with one attached hydrogen (secondary N) is 1. The molecule has 0 fully saturated rings. The second-order valence-corrected chi connectivity index (χ2v) is 4.16. The first-order valence-corrected chi connectivity index (χ1v) is 5.70. The van der Waals surface area contributed by atoms with Gasteiger partial charge >= 0.3 is 0 Å². The summed E-state index contributed by atoms with van der Waals surface area (Å²) in [5, 5.41) is 11.7. The molecular weight excluding hydrogens is 296 g/mol. The molecule has 0 saturated carbocycles. The number of nitrogens with zero attached hydrogens (tertiary/aromatic N) is 2. The number of halogens is 3. The van der Waals surface area contributed by atoms with Crippen LogP contribution in [0.15, 0.2) is 24.5 Å². The quantitative estimate of drug-likeness (QED) is 0.836. The molecule has 0 aliphatic heterocycles. The number of carbonyl (C=O) groups is 1. The molecule has 2 aromatic rings. The molecular formula is C11H6Cl2FN3O2. The molecule has 0 aliphatic carbocycles. The molecule has 0 spiro atoms. The Morgan fingerprint density at radius 3 is 2.53 bits per heavy atom. The van der Waals surface area contributed by atoms with Crippen molar-refractivity contribution in [3.05, 3.63) is 46.2 Å². The molecule has 19 heavy (non-hydrogen) atoms. The van der Waals surface area contributed by atoms with Crippen molar-refractivity contribution in [3.63, 3.8) is 0 Å². The molecule has 0 atom stereocenters. The Morgan fingerprint density at radius 1 is 1.26 bits per heavy atom. The summed E-state index contributed by atoms with van der Waals surface area (Å²) >= 11 is 11.5. The van der Waals surface area contributed by atoms with Gasteiger partial charge in [-0.1, -0.05) is 23.2 Å². The predicted octanol–water partition coefficient (Wildman–Crippen LogP) is 2.88. The van der Waals surface area contributed by atoms with Gasteiger partial charge in [-0.05, 0) is 18.2 Å². The number of rotatable bonds is 2. The fourth-order valence-corrected chi connectivity index (χ4v) is 1.73. The number of phenolic OH excluding ortho intramolecular Hbond substituents is 1. The number of anilines is 1. The Morgan fingerprint density at radius 2 is 1.89 bits per heavy atom. The third-order valence-corrected chi connectivity index (χ3v) is 2.77. The first-order chi connectivity index (χ1) is 8.99. The summed E-state index contributed by atoms with van der Waals surface area (Å²) in [6, 6.07) is 2.98. The van der Waals surface area contributed by atoms with Crippen LogP contribution in [0.1, 0.15) is 10.4 Å². The van der Waals surface area contributed by atoms with E-state index < -0.39 is 11.7 Å². The third-order valence-electron chi connectivity index (χ3n) is 2.20. The lowest BCUT2D eigenvalue weighted by molar-refractivity contribution is 0.102. The van der Waals surface area contributed by atoms with E-state index in [-0.39, 0.29) is 27.3 Å². The molecule has 1 amide bonds. The number of amides is 1. The van der Waals surface area contributed by atoms with Crippen LogP contribution in [0.4, 0.5) is 10.1 Å². The van der Waals surface area contributed by atoms with Gasteiger partial charge in [0.1, 0.15) is 23.6 Å². The van der Waals surface area contributed by atoms with Gasteiger partial charge in [-0.3, -0.25) is 4.79 Å². The molecule has 0 saturated heterocycles. The lowest BCUT2D eigenvalue weighted by Gasteiger charge is -2.08. The maximum Gasteiger partial charge on any atom is 0.259 e. The largest absolute Gasteiger partial charge is 0.507 e. The average Bonchev–Trinajstić information content (AvgIpc) is 2.37. The predicted molar refractivity (Wildman–Crippen MR) is 68.1 cm³/mol. The van der Waals surface area contributed by atoms with Gasteiger partial charge in [0.2, 0.25) is 0 Å². The van der Waals surface area contributed by atoms with E-state index in [4.69, 9.17) is 23.2 Å². The van der Waals surface area contributed by atoms with Crippen LogP contribution in [0.2, 0.25) is 10.3 Å². The lowest BCUT2D eigenvalue weighted by atomic mass is 10.2. The van der Waals surface area contributed by atoms with Crippen molar-refractivity contribution in [1.29, 1.82) is 0 Å². The van der Waals surface area contributed by atoms with Gasteiger partial charge in [0.05, 0.1) is 5.56 Å². The molecule has 1 aromatic carbocycles. The Bertz CT molecular complexity index is 632. The van der Waals surface area contributed by atoms with E-state index in [9.17, 15) is 14.3 Å². The van der Waals surface area contributed by atoms with Crippen LogP contribution in [0.3, 0.4) is 0 Å². The number of hydrogen-bond acceptors (Lipinski definition) is 4. The number of phenols is 1. The van der Waals surface area contributed by atoms with E-state index in [1.807, 2.05) is 0 Å². The van der Waals surface area contributed by atoms with Crippen molar-refractivity contribution in [3.8, 4) is 5.75 Å². The summed E-state index contributed by atoms with van der Waals surface area (Å²) in [7, 11) is 0. The van der Waals surface area contributed by atoms with Gasteiger partial charge in [0.25, 0.3) is 5.91 Å². The van der Waals surface area contributed by atoms with Gasteiger partial charge in [0.15, 0.2) is 10.3 Å². The van der Waals surface area contributed by atoms with Gasteiger partial charge in [0, 0.05) is 0 Å². The zero-order valence-electron chi connectivity index (χ0n) is 9.19. The van der Waals surface area contributed by atoms with E-state index in [0.717, 1.165) is 24.5 Å². The van der Waals surface area contributed by atoms with Crippen LogP contribution in [0.25, 0.3) is 0 Å². The fourth-order valence-electron chi connectivity index (χ4n) is 1.32. The summed E-state index contributed by atoms with van der Waals surface area (Å²) in [4.78, 5) is 19.2. The van der Waals surface area contributed by atoms with Crippen molar-refractivity contribution >= 4 is 34.8 Å². The minimum Gasteiger partial charge on any atom is -0.507 e. The molecule has 0 aliphatic rings. The van der Waals surface area contributed by atoms with E-state index in [2.05, 4.69) is 15.3 Å². The van der Waals surface area contributed by atoms with E-state index >= 15 is 0 Å². The highest BCUT2D eigenvalue weighted by Crippen LogP contribution is 2.27. The Balaban J connectivity index is 2.34. The van der Waals surface area contributed by atoms with Crippen molar-refractivity contribution < 1.29 is 14.3 Å². The maximum atomic E-state index is 13.0. The number of carbonyl (C=O) groups excluding carboxylic acids is 1. The maximum absolute atomic E-state index is 13.0. The topological polar surface area (TPSA) is 75.1 Å². The average molecular weight is 302 g/mol. The van der Waals surface area contributed by atoms with Gasteiger partial charge in [-0.25, -0.2) is 14.4 Å². The van der Waals surface area contributed by atoms with Crippen LogP contribution < -0.4 is 5.32 Å². The molecule has 5 nitrogen and oxygen atoms in total. The Labute approximate surface area is 117 Å². The standard InChI is InChI=1S/C11H6Cl2FN3O2/c12-9-8(10(13)16-4-15-9)17-11(19)6-3-5(14)1-2-7(6)18/h1-4,18H,(H,17,19). The highest BCUT2D eigenvalue weighted by atomic mass is 35.5. The van der Waals surface area contributed by atoms with Gasteiger partial charge < -0.3 is 10.4 Å². The molecule has 8 heteroatoms. The minimum atomic E-state index is -0.782. The first kappa shape index (κ1) is 13.5. The Kier molecular flexibility index (Phi) is 3.82. The van der Waals surface area contributed by atoms with Crippen molar-refractivity contribution in [2.24, 2.45) is 0 Å². The molecule has 0 bridgehead atoms. The van der Waals surface area contributed by atoms with Crippen LogP contribution in [-0.2, 0) is 0 Å². The summed E-state index contributed by atoms with van der Waals surface area (Å²) < 4.78 is 13.0. The summed E-state index contributed by atoms with van der Waals surface area (Å²) in [6.45, 7) is 0. The smallest absolute Gasteiger partial charge is 0.259 e. The minimum absolute atomic E-state index is 0.0144. The lowest BCUT2D eigenvalue weighted by Crippen LogP contribution is -2.13. The number of hydrogen-bond donors (Lipinski definition) is 2. The van der Waals surface area contributed by atoms with Crippen LogP contribution in [-0.4, -0.2) is 21.0 Å².